The number of piperidine rings is 1. The number of benzene rings is 1. The topological polar surface area (TPSA) is 49.9 Å². The van der Waals surface area contributed by atoms with E-state index < -0.39 is 11.7 Å². The molecule has 2 atom stereocenters. The maximum atomic E-state index is 12.8. The predicted molar refractivity (Wildman–Crippen MR) is 96.2 cm³/mol. The summed E-state index contributed by atoms with van der Waals surface area (Å²) in [4.78, 5) is 29.2. The number of hydrogen-bond acceptors (Lipinski definition) is 4. The van der Waals surface area contributed by atoms with Crippen LogP contribution in [0, 0.1) is 5.41 Å². The molecule has 2 saturated heterocycles. The van der Waals surface area contributed by atoms with E-state index in [-0.39, 0.29) is 23.8 Å². The van der Waals surface area contributed by atoms with E-state index in [1.807, 2.05) is 39.0 Å². The number of rotatable bonds is 2. The normalized spacial score (nSPS) is 27.3. The van der Waals surface area contributed by atoms with Crippen LogP contribution in [0.15, 0.2) is 30.3 Å². The number of Topliss-reactive ketones (excluding diaryl/α,β-unsaturated/α-hetero) is 1. The number of ether oxygens (including phenoxy) is 1. The number of ketones is 1. The Hall–Kier alpha value is -1.88. The second-order valence-electron chi connectivity index (χ2n) is 8.42. The molecule has 1 aromatic rings. The highest BCUT2D eigenvalue weighted by atomic mass is 16.6. The van der Waals surface area contributed by atoms with E-state index in [1.54, 1.807) is 4.90 Å². The quantitative estimate of drug-likeness (QED) is 0.827. The molecule has 25 heavy (non-hydrogen) atoms. The lowest BCUT2D eigenvalue weighted by molar-refractivity contribution is -0.135. The minimum absolute atomic E-state index is 0.0430. The molecule has 0 aliphatic carbocycles. The second-order valence-corrected chi connectivity index (χ2v) is 8.42. The molecule has 0 bridgehead atoms. The van der Waals surface area contributed by atoms with Crippen LogP contribution < -0.4 is 0 Å². The molecule has 0 radical (unpaired) electrons. The summed E-state index contributed by atoms with van der Waals surface area (Å²) in [5.74, 6) is 0.144. The van der Waals surface area contributed by atoms with Gasteiger partial charge in [-0.05, 0) is 39.3 Å². The first-order valence-corrected chi connectivity index (χ1v) is 8.98. The first-order chi connectivity index (χ1) is 11.7. The van der Waals surface area contributed by atoms with Gasteiger partial charge in [-0.25, -0.2) is 4.79 Å². The molecule has 0 aromatic heterocycles. The van der Waals surface area contributed by atoms with Crippen molar-refractivity contribution in [1.82, 2.24) is 9.80 Å². The number of hydrogen-bond donors (Lipinski definition) is 0. The molecule has 0 saturated carbocycles. The highest BCUT2D eigenvalue weighted by molar-refractivity contribution is 5.91. The Kier molecular flexibility index (Phi) is 4.62. The molecule has 2 heterocycles. The van der Waals surface area contributed by atoms with Gasteiger partial charge >= 0.3 is 6.09 Å². The number of amides is 1. The van der Waals surface area contributed by atoms with Crippen LogP contribution >= 0.6 is 0 Å². The summed E-state index contributed by atoms with van der Waals surface area (Å²) in [6.45, 7) is 9.97. The highest BCUT2D eigenvalue weighted by Crippen LogP contribution is 2.41. The van der Waals surface area contributed by atoms with Crippen molar-refractivity contribution in [2.45, 2.75) is 52.3 Å². The van der Waals surface area contributed by atoms with Crippen LogP contribution in [0.3, 0.4) is 0 Å². The minimum atomic E-state index is -0.555. The van der Waals surface area contributed by atoms with Crippen LogP contribution in [0.1, 0.15) is 39.7 Å². The maximum Gasteiger partial charge on any atom is 0.410 e. The Morgan fingerprint density at radius 2 is 1.96 bits per heavy atom. The van der Waals surface area contributed by atoms with Crippen molar-refractivity contribution in [1.29, 1.82) is 0 Å². The van der Waals surface area contributed by atoms with E-state index >= 15 is 0 Å². The lowest BCUT2D eigenvalue weighted by atomic mass is 9.75. The first kappa shape index (κ1) is 17.9. The third kappa shape index (κ3) is 3.71. The van der Waals surface area contributed by atoms with Gasteiger partial charge < -0.3 is 4.74 Å². The zero-order valence-corrected chi connectivity index (χ0v) is 15.6. The molecule has 136 valence electrons. The average Bonchev–Trinajstić information content (AvgIpc) is 2.85. The van der Waals surface area contributed by atoms with Gasteiger partial charge in [-0.3, -0.25) is 14.6 Å². The fourth-order valence-corrected chi connectivity index (χ4v) is 3.84. The van der Waals surface area contributed by atoms with Crippen LogP contribution in [0.5, 0.6) is 0 Å². The van der Waals surface area contributed by atoms with Crippen LogP contribution in [0.4, 0.5) is 4.79 Å². The van der Waals surface area contributed by atoms with Crippen molar-refractivity contribution in [3.05, 3.63) is 35.9 Å². The molecule has 2 fully saturated rings. The fraction of sp³-hybridized carbons (Fsp3) is 0.600. The van der Waals surface area contributed by atoms with Gasteiger partial charge in [0.1, 0.15) is 5.60 Å². The molecule has 2 aliphatic heterocycles. The Balaban J connectivity index is 1.76. The van der Waals surface area contributed by atoms with Crippen LogP contribution in [-0.4, -0.2) is 53.0 Å². The van der Waals surface area contributed by atoms with Gasteiger partial charge in [-0.15, -0.1) is 0 Å². The van der Waals surface area contributed by atoms with E-state index in [1.165, 1.54) is 5.56 Å². The Labute approximate surface area is 149 Å². The Morgan fingerprint density at radius 1 is 1.28 bits per heavy atom. The molecule has 1 aromatic carbocycles. The standard InChI is InChI=1S/C20H28N2O3/c1-19(2,3)25-18(24)22-13-16-20(4,17(23)14-22)10-11-21(16)12-15-8-6-5-7-9-15/h5-9,16H,10-14H2,1-4H3/t16-,20-/m0/s1. The van der Waals surface area contributed by atoms with Gasteiger partial charge in [0.05, 0.1) is 6.54 Å². The molecule has 0 unspecified atom stereocenters. The molecule has 0 spiro atoms. The van der Waals surface area contributed by atoms with E-state index in [4.69, 9.17) is 4.74 Å². The van der Waals surface area contributed by atoms with Crippen molar-refractivity contribution in [3.8, 4) is 0 Å². The van der Waals surface area contributed by atoms with Crippen molar-refractivity contribution in [3.63, 3.8) is 0 Å². The van der Waals surface area contributed by atoms with Crippen molar-refractivity contribution in [2.75, 3.05) is 19.6 Å². The van der Waals surface area contributed by atoms with Crippen molar-refractivity contribution < 1.29 is 14.3 Å². The largest absolute Gasteiger partial charge is 0.444 e. The summed E-state index contributed by atoms with van der Waals surface area (Å²) in [5, 5.41) is 0. The third-order valence-corrected chi connectivity index (χ3v) is 5.34. The summed E-state index contributed by atoms with van der Waals surface area (Å²) in [5.41, 5.74) is 0.307. The van der Waals surface area contributed by atoms with Gasteiger partial charge in [0.25, 0.3) is 0 Å². The first-order valence-electron chi connectivity index (χ1n) is 8.98. The van der Waals surface area contributed by atoms with Gasteiger partial charge in [0, 0.05) is 24.5 Å². The number of likely N-dealkylation sites (tertiary alicyclic amines) is 2. The van der Waals surface area contributed by atoms with Crippen molar-refractivity contribution >= 4 is 11.9 Å². The molecular weight excluding hydrogens is 316 g/mol. The molecule has 3 rings (SSSR count). The SMILES string of the molecule is CC(C)(C)OC(=O)N1CC(=O)[C@@]2(C)CCN(Cc3ccccc3)[C@H]2C1. The summed E-state index contributed by atoms with van der Waals surface area (Å²) < 4.78 is 5.48. The van der Waals surface area contributed by atoms with Gasteiger partial charge in [-0.2, -0.15) is 0 Å². The minimum Gasteiger partial charge on any atom is -0.444 e. The van der Waals surface area contributed by atoms with E-state index in [9.17, 15) is 9.59 Å². The summed E-state index contributed by atoms with van der Waals surface area (Å²) in [7, 11) is 0. The average molecular weight is 344 g/mol. The molecule has 5 nitrogen and oxygen atoms in total. The number of carbonyl (C=O) groups excluding carboxylic acids is 2. The zero-order valence-electron chi connectivity index (χ0n) is 15.6. The van der Waals surface area contributed by atoms with Crippen LogP contribution in [-0.2, 0) is 16.1 Å². The monoisotopic (exact) mass is 344 g/mol. The third-order valence-electron chi connectivity index (χ3n) is 5.34. The van der Waals surface area contributed by atoms with E-state index in [0.29, 0.717) is 6.54 Å². The Bertz CT molecular complexity index is 653. The predicted octanol–water partition coefficient (Wildman–Crippen LogP) is 3.09. The summed E-state index contributed by atoms with van der Waals surface area (Å²) in [6, 6.07) is 10.3. The van der Waals surface area contributed by atoms with Gasteiger partial charge in [0.2, 0.25) is 0 Å². The van der Waals surface area contributed by atoms with Crippen molar-refractivity contribution in [2.24, 2.45) is 5.41 Å². The molecule has 0 N–H and O–H groups in total. The molecule has 5 heteroatoms. The summed E-state index contributed by atoms with van der Waals surface area (Å²) >= 11 is 0. The number of fused-ring (bicyclic) bond motifs is 1. The zero-order chi connectivity index (χ0) is 18.2. The van der Waals surface area contributed by atoms with Gasteiger partial charge in [-0.1, -0.05) is 37.3 Å². The van der Waals surface area contributed by atoms with E-state index in [0.717, 1.165) is 19.5 Å². The van der Waals surface area contributed by atoms with Crippen LogP contribution in [0.2, 0.25) is 0 Å². The van der Waals surface area contributed by atoms with Gasteiger partial charge in [0.15, 0.2) is 5.78 Å². The number of nitrogens with zero attached hydrogens (tertiary/aromatic N) is 2. The molecule has 1 amide bonds. The van der Waals surface area contributed by atoms with Crippen LogP contribution in [0.25, 0.3) is 0 Å². The second kappa shape index (κ2) is 6.45. The lowest BCUT2D eigenvalue weighted by Crippen LogP contribution is -2.59. The number of carbonyl (C=O) groups is 2. The molecular formula is C20H28N2O3. The van der Waals surface area contributed by atoms with E-state index in [2.05, 4.69) is 24.0 Å². The highest BCUT2D eigenvalue weighted by Gasteiger charge is 2.53. The molecule has 2 aliphatic rings. The lowest BCUT2D eigenvalue weighted by Gasteiger charge is -2.43. The maximum absolute atomic E-state index is 12.8. The summed E-state index contributed by atoms with van der Waals surface area (Å²) in [6.07, 6.45) is 0.459. The smallest absolute Gasteiger partial charge is 0.410 e. The fourth-order valence-electron chi connectivity index (χ4n) is 3.84. The Morgan fingerprint density at radius 3 is 2.60 bits per heavy atom.